The molecule has 170 valence electrons. The minimum atomic E-state index is -0.313. The van der Waals surface area contributed by atoms with Gasteiger partial charge in [0.2, 0.25) is 5.91 Å². The summed E-state index contributed by atoms with van der Waals surface area (Å²) in [6, 6.07) is 17.5. The number of piperazine rings is 1. The van der Waals surface area contributed by atoms with Crippen molar-refractivity contribution in [1.82, 2.24) is 4.90 Å². The lowest BCUT2D eigenvalue weighted by molar-refractivity contribution is -0.133. The SMILES string of the molecule is CN1C(=C(C#N)C(=O)CCC(=O)N2CCN(c3ccc(Cl)cc3)CC2)N(C)c2ccccc21. The number of ketones is 1. The van der Waals surface area contributed by atoms with E-state index >= 15 is 0 Å². The lowest BCUT2D eigenvalue weighted by Crippen LogP contribution is -2.48. The molecule has 33 heavy (non-hydrogen) atoms. The molecule has 0 spiro atoms. The van der Waals surface area contributed by atoms with Crippen molar-refractivity contribution in [3.05, 3.63) is 64.9 Å². The van der Waals surface area contributed by atoms with E-state index in [0.717, 1.165) is 30.2 Å². The first-order chi connectivity index (χ1) is 15.9. The highest BCUT2D eigenvalue weighted by Crippen LogP contribution is 2.40. The molecule has 0 atom stereocenters. The van der Waals surface area contributed by atoms with E-state index in [2.05, 4.69) is 11.0 Å². The Balaban J connectivity index is 1.36. The van der Waals surface area contributed by atoms with E-state index in [1.807, 2.05) is 72.4 Å². The summed E-state index contributed by atoms with van der Waals surface area (Å²) in [5.41, 5.74) is 3.03. The Bertz CT molecular complexity index is 1100. The van der Waals surface area contributed by atoms with Gasteiger partial charge in [-0.25, -0.2) is 0 Å². The maximum atomic E-state index is 12.9. The molecule has 8 heteroatoms. The fourth-order valence-electron chi connectivity index (χ4n) is 4.43. The molecule has 2 heterocycles. The minimum absolute atomic E-state index is 0.0145. The molecule has 0 N–H and O–H groups in total. The standard InChI is InChI=1S/C25H26ClN5O2/c1-28-21-5-3-4-6-22(21)29(2)25(28)20(17-27)23(32)11-12-24(33)31-15-13-30(14-16-31)19-9-7-18(26)8-10-19/h3-10H,11-16H2,1-2H3. The average molecular weight is 464 g/mol. The maximum absolute atomic E-state index is 12.9. The van der Waals surface area contributed by atoms with Crippen LogP contribution in [0.1, 0.15) is 12.8 Å². The van der Waals surface area contributed by atoms with Crippen molar-refractivity contribution in [2.45, 2.75) is 12.8 Å². The zero-order chi connectivity index (χ0) is 23.5. The first kappa shape index (κ1) is 22.7. The van der Waals surface area contributed by atoms with Crippen molar-refractivity contribution in [2.75, 3.05) is 55.0 Å². The molecule has 0 aliphatic carbocycles. The number of fused-ring (bicyclic) bond motifs is 1. The molecule has 4 rings (SSSR count). The number of hydrogen-bond acceptors (Lipinski definition) is 6. The van der Waals surface area contributed by atoms with Crippen LogP contribution < -0.4 is 14.7 Å². The van der Waals surface area contributed by atoms with Crippen molar-refractivity contribution in [3.63, 3.8) is 0 Å². The second kappa shape index (κ2) is 9.55. The van der Waals surface area contributed by atoms with Crippen LogP contribution in [0.3, 0.4) is 0 Å². The van der Waals surface area contributed by atoms with Gasteiger partial charge in [0.1, 0.15) is 17.5 Å². The Morgan fingerprint density at radius 1 is 0.909 bits per heavy atom. The van der Waals surface area contributed by atoms with E-state index in [0.29, 0.717) is 23.9 Å². The highest BCUT2D eigenvalue weighted by atomic mass is 35.5. The molecule has 2 aliphatic heterocycles. The number of Topliss-reactive ketones (excluding diaryl/α,β-unsaturated/α-hetero) is 1. The number of amides is 1. The van der Waals surface area contributed by atoms with Crippen LogP contribution in [0.4, 0.5) is 17.1 Å². The smallest absolute Gasteiger partial charge is 0.223 e. The van der Waals surface area contributed by atoms with Gasteiger partial charge < -0.3 is 19.6 Å². The number of rotatable bonds is 5. The van der Waals surface area contributed by atoms with E-state index in [4.69, 9.17) is 11.6 Å². The normalized spacial score (nSPS) is 15.4. The van der Waals surface area contributed by atoms with Crippen LogP contribution >= 0.6 is 11.6 Å². The van der Waals surface area contributed by atoms with Crippen molar-refractivity contribution >= 4 is 40.4 Å². The predicted molar refractivity (Wildman–Crippen MR) is 130 cm³/mol. The Morgan fingerprint density at radius 2 is 1.48 bits per heavy atom. The summed E-state index contributed by atoms with van der Waals surface area (Å²) >= 11 is 5.96. The number of para-hydroxylation sites is 2. The van der Waals surface area contributed by atoms with Crippen LogP contribution in [0.5, 0.6) is 0 Å². The van der Waals surface area contributed by atoms with Gasteiger partial charge >= 0.3 is 0 Å². The third-order valence-corrected chi connectivity index (χ3v) is 6.50. The molecule has 2 aromatic carbocycles. The molecular weight excluding hydrogens is 438 g/mol. The molecular formula is C25H26ClN5O2. The van der Waals surface area contributed by atoms with Crippen LogP contribution in [0, 0.1) is 11.3 Å². The number of nitrogens with zero attached hydrogens (tertiary/aromatic N) is 5. The molecule has 0 aromatic heterocycles. The van der Waals surface area contributed by atoms with Crippen molar-refractivity contribution in [2.24, 2.45) is 0 Å². The highest BCUT2D eigenvalue weighted by molar-refractivity contribution is 6.30. The van der Waals surface area contributed by atoms with Gasteiger partial charge in [-0.1, -0.05) is 23.7 Å². The predicted octanol–water partition coefficient (Wildman–Crippen LogP) is 3.66. The Kier molecular flexibility index (Phi) is 6.57. The maximum Gasteiger partial charge on any atom is 0.223 e. The van der Waals surface area contributed by atoms with Gasteiger partial charge in [-0.2, -0.15) is 5.26 Å². The zero-order valence-corrected chi connectivity index (χ0v) is 19.5. The summed E-state index contributed by atoms with van der Waals surface area (Å²) < 4.78 is 0. The summed E-state index contributed by atoms with van der Waals surface area (Å²) in [4.78, 5) is 33.4. The molecule has 2 aliphatic rings. The first-order valence-corrected chi connectivity index (χ1v) is 11.3. The summed E-state index contributed by atoms with van der Waals surface area (Å²) in [6.07, 6.45) is 0.110. The molecule has 1 fully saturated rings. The summed E-state index contributed by atoms with van der Waals surface area (Å²) in [7, 11) is 3.68. The van der Waals surface area contributed by atoms with Crippen LogP contribution in [-0.2, 0) is 9.59 Å². The number of anilines is 3. The zero-order valence-electron chi connectivity index (χ0n) is 18.8. The molecule has 7 nitrogen and oxygen atoms in total. The van der Waals surface area contributed by atoms with Crippen LogP contribution in [0.15, 0.2) is 59.9 Å². The van der Waals surface area contributed by atoms with E-state index in [9.17, 15) is 14.9 Å². The van der Waals surface area contributed by atoms with E-state index in [1.54, 1.807) is 4.90 Å². The van der Waals surface area contributed by atoms with Crippen molar-refractivity contribution in [1.29, 1.82) is 5.26 Å². The number of benzene rings is 2. The van der Waals surface area contributed by atoms with E-state index in [-0.39, 0.29) is 30.1 Å². The third kappa shape index (κ3) is 4.53. The van der Waals surface area contributed by atoms with Crippen LogP contribution in [0.2, 0.25) is 5.02 Å². The van der Waals surface area contributed by atoms with Crippen molar-refractivity contribution < 1.29 is 9.59 Å². The Morgan fingerprint density at radius 3 is 2.03 bits per heavy atom. The second-order valence-electron chi connectivity index (χ2n) is 8.18. The lowest BCUT2D eigenvalue weighted by atomic mass is 10.1. The molecule has 0 bridgehead atoms. The number of carbonyl (C=O) groups excluding carboxylic acids is 2. The summed E-state index contributed by atoms with van der Waals surface area (Å²) in [6.45, 7) is 2.65. The Labute approximate surface area is 199 Å². The van der Waals surface area contributed by atoms with Gasteiger partial charge in [0.25, 0.3) is 0 Å². The van der Waals surface area contributed by atoms with E-state index < -0.39 is 0 Å². The monoisotopic (exact) mass is 463 g/mol. The molecule has 0 saturated carbocycles. The summed E-state index contributed by atoms with van der Waals surface area (Å²) in [5.74, 6) is 0.178. The molecule has 0 radical (unpaired) electrons. The first-order valence-electron chi connectivity index (χ1n) is 10.9. The number of nitriles is 1. The van der Waals surface area contributed by atoms with Gasteiger partial charge in [-0.3, -0.25) is 9.59 Å². The topological polar surface area (TPSA) is 70.9 Å². The molecule has 1 amide bonds. The third-order valence-electron chi connectivity index (χ3n) is 6.24. The summed E-state index contributed by atoms with van der Waals surface area (Å²) in [5, 5.41) is 10.4. The van der Waals surface area contributed by atoms with Gasteiger partial charge in [-0.05, 0) is 36.4 Å². The number of carbonyl (C=O) groups is 2. The minimum Gasteiger partial charge on any atom is -0.368 e. The average Bonchev–Trinajstić information content (AvgIpc) is 3.09. The fourth-order valence-corrected chi connectivity index (χ4v) is 4.55. The van der Waals surface area contributed by atoms with Crippen LogP contribution in [-0.4, -0.2) is 56.9 Å². The largest absolute Gasteiger partial charge is 0.368 e. The number of allylic oxidation sites excluding steroid dienone is 1. The molecule has 0 unspecified atom stereocenters. The van der Waals surface area contributed by atoms with Gasteiger partial charge in [-0.15, -0.1) is 0 Å². The molecule has 1 saturated heterocycles. The Hall–Kier alpha value is -3.50. The molecule has 2 aromatic rings. The van der Waals surface area contributed by atoms with Crippen LogP contribution in [0.25, 0.3) is 0 Å². The van der Waals surface area contributed by atoms with Gasteiger partial charge in [0.15, 0.2) is 5.78 Å². The number of hydrogen-bond donors (Lipinski definition) is 0. The van der Waals surface area contributed by atoms with Gasteiger partial charge in [0.05, 0.1) is 11.4 Å². The lowest BCUT2D eigenvalue weighted by Gasteiger charge is -2.36. The fraction of sp³-hybridized carbons (Fsp3) is 0.320. The van der Waals surface area contributed by atoms with E-state index in [1.165, 1.54) is 0 Å². The second-order valence-corrected chi connectivity index (χ2v) is 8.62. The highest BCUT2D eigenvalue weighted by Gasteiger charge is 2.31. The number of halogens is 1. The quantitative estimate of drug-likeness (QED) is 0.498. The van der Waals surface area contributed by atoms with Crippen molar-refractivity contribution in [3.8, 4) is 6.07 Å². The van der Waals surface area contributed by atoms with Gasteiger partial charge in [0, 0.05) is 63.8 Å².